The van der Waals surface area contributed by atoms with Crippen LogP contribution in [0.4, 0.5) is 0 Å². The summed E-state index contributed by atoms with van der Waals surface area (Å²) in [6.45, 7) is 0.752. The highest BCUT2D eigenvalue weighted by Crippen LogP contribution is 2.41. The zero-order chi connectivity index (χ0) is 16.7. The second kappa shape index (κ2) is 5.99. The molecule has 1 aliphatic rings. The molecule has 2 aromatic carbocycles. The minimum absolute atomic E-state index is 0.216. The van der Waals surface area contributed by atoms with Gasteiger partial charge in [0.25, 0.3) is 0 Å². The number of nitrogens with zero attached hydrogens (tertiary/aromatic N) is 1. The fourth-order valence-electron chi connectivity index (χ4n) is 3.94. The van der Waals surface area contributed by atoms with E-state index in [1.54, 1.807) is 0 Å². The molecule has 0 aliphatic heterocycles. The standard InChI is InChI=1S/C20H19ClN2O/c21-16-10-4-8-14-18-15(20(22)24)9-5-11-17(18)23(19(14)16)12-13-6-2-1-3-7-13/h1-4,6-8,10,15H,5,9,11-12H2,(H2,22,24). The van der Waals surface area contributed by atoms with Gasteiger partial charge < -0.3 is 10.3 Å². The molecule has 3 aromatic rings. The molecule has 3 nitrogen and oxygen atoms in total. The maximum Gasteiger partial charge on any atom is 0.225 e. The summed E-state index contributed by atoms with van der Waals surface area (Å²) in [6.07, 6.45) is 2.75. The van der Waals surface area contributed by atoms with Crippen LogP contribution in [0.5, 0.6) is 0 Å². The molecule has 1 atom stereocenters. The summed E-state index contributed by atoms with van der Waals surface area (Å²) in [5.41, 5.74) is 10.2. The summed E-state index contributed by atoms with van der Waals surface area (Å²) in [5, 5.41) is 1.79. The van der Waals surface area contributed by atoms with Gasteiger partial charge in [-0.2, -0.15) is 0 Å². The first-order valence-electron chi connectivity index (χ1n) is 8.29. The van der Waals surface area contributed by atoms with E-state index in [9.17, 15) is 4.79 Å². The number of para-hydroxylation sites is 1. The SMILES string of the molecule is NC(=O)C1CCCc2c1c1cccc(Cl)c1n2Cc1ccccc1. The number of aromatic nitrogens is 1. The fourth-order valence-corrected chi connectivity index (χ4v) is 4.22. The van der Waals surface area contributed by atoms with Crippen LogP contribution in [0.3, 0.4) is 0 Å². The van der Waals surface area contributed by atoms with Crippen molar-refractivity contribution >= 4 is 28.4 Å². The number of hydrogen-bond acceptors (Lipinski definition) is 1. The van der Waals surface area contributed by atoms with Gasteiger partial charge in [0.05, 0.1) is 16.5 Å². The number of amides is 1. The van der Waals surface area contributed by atoms with Gasteiger partial charge in [-0.15, -0.1) is 0 Å². The molecular formula is C20H19ClN2O. The van der Waals surface area contributed by atoms with Crippen LogP contribution in [0, 0.1) is 0 Å². The van der Waals surface area contributed by atoms with E-state index in [1.807, 2.05) is 30.3 Å². The molecule has 0 fully saturated rings. The number of benzene rings is 2. The van der Waals surface area contributed by atoms with E-state index in [4.69, 9.17) is 17.3 Å². The molecule has 0 radical (unpaired) electrons. The van der Waals surface area contributed by atoms with Crippen LogP contribution in [0.25, 0.3) is 10.9 Å². The normalized spacial score (nSPS) is 17.0. The van der Waals surface area contributed by atoms with Crippen molar-refractivity contribution in [3.05, 3.63) is 70.4 Å². The average molecular weight is 339 g/mol. The number of primary amides is 1. The van der Waals surface area contributed by atoms with Gasteiger partial charge in [0.2, 0.25) is 5.91 Å². The summed E-state index contributed by atoms with van der Waals surface area (Å²) in [7, 11) is 0. The maximum absolute atomic E-state index is 12.0. The lowest BCUT2D eigenvalue weighted by atomic mass is 9.84. The van der Waals surface area contributed by atoms with Crippen LogP contribution in [0.15, 0.2) is 48.5 Å². The van der Waals surface area contributed by atoms with Gasteiger partial charge in [-0.3, -0.25) is 4.79 Å². The molecule has 1 heterocycles. The van der Waals surface area contributed by atoms with Crippen LogP contribution in [-0.2, 0) is 17.8 Å². The number of carbonyl (C=O) groups is 1. The molecule has 0 saturated heterocycles. The Morgan fingerprint density at radius 3 is 2.71 bits per heavy atom. The second-order valence-electron chi connectivity index (χ2n) is 6.42. The van der Waals surface area contributed by atoms with Crippen molar-refractivity contribution in [3.63, 3.8) is 0 Å². The summed E-state index contributed by atoms with van der Waals surface area (Å²) < 4.78 is 2.28. The molecule has 0 spiro atoms. The lowest BCUT2D eigenvalue weighted by Crippen LogP contribution is -2.25. The molecule has 1 aromatic heterocycles. The topological polar surface area (TPSA) is 48.0 Å². The first kappa shape index (κ1) is 15.3. The molecular weight excluding hydrogens is 320 g/mol. The Labute approximate surface area is 146 Å². The first-order valence-corrected chi connectivity index (χ1v) is 8.67. The molecule has 4 heteroatoms. The summed E-state index contributed by atoms with van der Waals surface area (Å²) in [4.78, 5) is 12.0. The van der Waals surface area contributed by atoms with Gasteiger partial charge in [-0.05, 0) is 36.5 Å². The van der Waals surface area contributed by atoms with Crippen LogP contribution in [0.2, 0.25) is 5.02 Å². The number of nitrogens with two attached hydrogens (primary N) is 1. The van der Waals surface area contributed by atoms with E-state index in [2.05, 4.69) is 22.8 Å². The monoisotopic (exact) mass is 338 g/mol. The van der Waals surface area contributed by atoms with E-state index in [0.717, 1.165) is 47.3 Å². The second-order valence-corrected chi connectivity index (χ2v) is 6.82. The molecule has 1 aliphatic carbocycles. The zero-order valence-electron chi connectivity index (χ0n) is 13.3. The Morgan fingerprint density at radius 1 is 1.17 bits per heavy atom. The maximum atomic E-state index is 12.0. The van der Waals surface area contributed by atoms with E-state index in [0.29, 0.717) is 0 Å². The zero-order valence-corrected chi connectivity index (χ0v) is 14.1. The minimum atomic E-state index is -0.241. The Bertz CT molecular complexity index is 914. The fraction of sp³-hybridized carbons (Fsp3) is 0.250. The molecule has 1 amide bonds. The van der Waals surface area contributed by atoms with Crippen molar-refractivity contribution < 1.29 is 4.79 Å². The number of fused-ring (bicyclic) bond motifs is 3. The summed E-state index contributed by atoms with van der Waals surface area (Å²) in [6, 6.07) is 16.3. The predicted octanol–water partition coefficient (Wildman–Crippen LogP) is 4.25. The van der Waals surface area contributed by atoms with Crippen molar-refractivity contribution in [2.24, 2.45) is 5.73 Å². The number of carbonyl (C=O) groups excluding carboxylic acids is 1. The highest BCUT2D eigenvalue weighted by molar-refractivity contribution is 6.35. The Morgan fingerprint density at radius 2 is 1.96 bits per heavy atom. The van der Waals surface area contributed by atoms with Gasteiger partial charge >= 0.3 is 0 Å². The molecule has 0 bridgehead atoms. The number of halogens is 1. The molecule has 2 N–H and O–H groups in total. The highest BCUT2D eigenvalue weighted by Gasteiger charge is 2.31. The van der Waals surface area contributed by atoms with Gasteiger partial charge in [-0.25, -0.2) is 0 Å². The largest absolute Gasteiger partial charge is 0.369 e. The number of rotatable bonds is 3. The van der Waals surface area contributed by atoms with E-state index in [1.165, 1.54) is 11.3 Å². The van der Waals surface area contributed by atoms with E-state index >= 15 is 0 Å². The molecule has 24 heavy (non-hydrogen) atoms. The van der Waals surface area contributed by atoms with Gasteiger partial charge in [0, 0.05) is 17.6 Å². The van der Waals surface area contributed by atoms with Crippen LogP contribution in [0.1, 0.15) is 35.6 Å². The molecule has 1 unspecified atom stereocenters. The Balaban J connectivity index is 1.97. The van der Waals surface area contributed by atoms with Crippen LogP contribution in [-0.4, -0.2) is 10.5 Å². The van der Waals surface area contributed by atoms with E-state index < -0.39 is 0 Å². The lowest BCUT2D eigenvalue weighted by molar-refractivity contribution is -0.119. The molecule has 4 rings (SSSR count). The van der Waals surface area contributed by atoms with Crippen LogP contribution < -0.4 is 5.73 Å². The van der Waals surface area contributed by atoms with Crippen molar-refractivity contribution in [1.29, 1.82) is 0 Å². The Hall–Kier alpha value is -2.26. The van der Waals surface area contributed by atoms with E-state index in [-0.39, 0.29) is 11.8 Å². The van der Waals surface area contributed by atoms with Crippen molar-refractivity contribution in [2.75, 3.05) is 0 Å². The van der Waals surface area contributed by atoms with Crippen molar-refractivity contribution in [1.82, 2.24) is 4.57 Å². The Kier molecular flexibility index (Phi) is 3.81. The quantitative estimate of drug-likeness (QED) is 0.762. The highest BCUT2D eigenvalue weighted by atomic mass is 35.5. The average Bonchev–Trinajstić information content (AvgIpc) is 2.91. The molecule has 0 saturated carbocycles. The van der Waals surface area contributed by atoms with Gasteiger partial charge in [0.1, 0.15) is 0 Å². The molecule has 122 valence electrons. The van der Waals surface area contributed by atoms with Crippen LogP contribution >= 0.6 is 11.6 Å². The third kappa shape index (κ3) is 2.40. The first-order chi connectivity index (χ1) is 11.7. The third-order valence-corrected chi connectivity index (χ3v) is 5.27. The van der Waals surface area contributed by atoms with Crippen molar-refractivity contribution in [2.45, 2.75) is 31.7 Å². The number of hydrogen-bond donors (Lipinski definition) is 1. The summed E-state index contributed by atoms with van der Waals surface area (Å²) >= 11 is 6.54. The minimum Gasteiger partial charge on any atom is -0.369 e. The predicted molar refractivity (Wildman–Crippen MR) is 97.4 cm³/mol. The summed E-state index contributed by atoms with van der Waals surface area (Å²) in [5.74, 6) is -0.457. The third-order valence-electron chi connectivity index (χ3n) is 4.97. The van der Waals surface area contributed by atoms with Crippen molar-refractivity contribution in [3.8, 4) is 0 Å². The van der Waals surface area contributed by atoms with Gasteiger partial charge in [-0.1, -0.05) is 54.1 Å². The lowest BCUT2D eigenvalue weighted by Gasteiger charge is -2.22. The smallest absolute Gasteiger partial charge is 0.225 e. The van der Waals surface area contributed by atoms with Gasteiger partial charge in [0.15, 0.2) is 0 Å².